The lowest BCUT2D eigenvalue weighted by Gasteiger charge is -2.20. The minimum absolute atomic E-state index is 0.115. The monoisotopic (exact) mass is 366 g/mol. The molecule has 1 unspecified atom stereocenters. The number of aromatic nitrogens is 3. The molecule has 6 heteroatoms. The zero-order valence-electron chi connectivity index (χ0n) is 16.1. The van der Waals surface area contributed by atoms with Gasteiger partial charge in [-0.05, 0) is 57.0 Å². The summed E-state index contributed by atoms with van der Waals surface area (Å²) < 4.78 is 7.42. The first-order chi connectivity index (χ1) is 13.0. The van der Waals surface area contributed by atoms with Crippen molar-refractivity contribution in [3.63, 3.8) is 0 Å². The molecule has 1 N–H and O–H groups in total. The number of ether oxygens (including phenoxy) is 1. The Morgan fingerprint density at radius 1 is 1.33 bits per heavy atom. The number of rotatable bonds is 5. The fourth-order valence-corrected chi connectivity index (χ4v) is 3.94. The van der Waals surface area contributed by atoms with Gasteiger partial charge in [0.2, 0.25) is 0 Å². The summed E-state index contributed by atoms with van der Waals surface area (Å²) >= 11 is 0. The van der Waals surface area contributed by atoms with Gasteiger partial charge in [0.05, 0.1) is 12.7 Å². The molecular weight excluding hydrogens is 340 g/mol. The molecule has 1 aromatic carbocycles. The Morgan fingerprint density at radius 2 is 2.19 bits per heavy atom. The van der Waals surface area contributed by atoms with Crippen LogP contribution >= 0.6 is 0 Å². The van der Waals surface area contributed by atoms with Crippen molar-refractivity contribution < 1.29 is 4.74 Å². The van der Waals surface area contributed by atoms with Gasteiger partial charge in [-0.25, -0.2) is 4.98 Å². The van der Waals surface area contributed by atoms with Crippen LogP contribution in [-0.4, -0.2) is 45.7 Å². The van der Waals surface area contributed by atoms with E-state index >= 15 is 0 Å². The van der Waals surface area contributed by atoms with Gasteiger partial charge in [0.1, 0.15) is 11.6 Å². The molecule has 142 valence electrons. The number of pyridine rings is 1. The van der Waals surface area contributed by atoms with Crippen LogP contribution in [0, 0.1) is 5.92 Å². The molecule has 0 radical (unpaired) electrons. The number of benzene rings is 1. The van der Waals surface area contributed by atoms with Crippen LogP contribution in [0.15, 0.2) is 41.5 Å². The fourth-order valence-electron chi connectivity index (χ4n) is 3.94. The van der Waals surface area contributed by atoms with E-state index in [-0.39, 0.29) is 5.56 Å². The lowest BCUT2D eigenvalue weighted by Crippen LogP contribution is -2.28. The van der Waals surface area contributed by atoms with Crippen LogP contribution in [0.3, 0.4) is 0 Å². The molecule has 2 aromatic heterocycles. The van der Waals surface area contributed by atoms with Crippen LogP contribution in [0.2, 0.25) is 0 Å². The summed E-state index contributed by atoms with van der Waals surface area (Å²) in [6.45, 7) is 7.61. The Kier molecular flexibility index (Phi) is 4.74. The van der Waals surface area contributed by atoms with Crippen molar-refractivity contribution >= 4 is 10.9 Å². The molecule has 0 spiro atoms. The van der Waals surface area contributed by atoms with E-state index in [9.17, 15) is 4.79 Å². The third kappa shape index (κ3) is 3.49. The van der Waals surface area contributed by atoms with Crippen LogP contribution in [0.5, 0.6) is 5.75 Å². The minimum Gasteiger partial charge on any atom is -0.497 e. The van der Waals surface area contributed by atoms with Crippen molar-refractivity contribution in [2.24, 2.45) is 5.92 Å². The summed E-state index contributed by atoms with van der Waals surface area (Å²) in [5.41, 5.74) is 1.28. The standard InChI is InChI=1S/C21H26N4O2/c1-14(2)24-8-6-15(12-24)13-25-9-7-22-20(25)18-11-16-10-17(27-3)4-5-19(16)23-21(18)26/h4-5,7,9-11,14-15H,6,8,12-13H2,1-3H3,(H,23,26). The van der Waals surface area contributed by atoms with E-state index in [2.05, 4.69) is 33.3 Å². The number of likely N-dealkylation sites (tertiary alicyclic amines) is 1. The van der Waals surface area contributed by atoms with Crippen LogP contribution in [0.4, 0.5) is 0 Å². The second kappa shape index (κ2) is 7.19. The molecule has 0 aliphatic carbocycles. The highest BCUT2D eigenvalue weighted by Crippen LogP contribution is 2.25. The summed E-state index contributed by atoms with van der Waals surface area (Å²) in [4.78, 5) is 22.6. The van der Waals surface area contributed by atoms with Gasteiger partial charge in [0, 0.05) is 42.4 Å². The van der Waals surface area contributed by atoms with E-state index < -0.39 is 0 Å². The molecule has 1 saturated heterocycles. The highest BCUT2D eigenvalue weighted by atomic mass is 16.5. The molecule has 3 heterocycles. The second-order valence-corrected chi connectivity index (χ2v) is 7.61. The maximum absolute atomic E-state index is 12.7. The van der Waals surface area contributed by atoms with Crippen molar-refractivity contribution in [2.75, 3.05) is 20.2 Å². The first kappa shape index (κ1) is 17.8. The number of aromatic amines is 1. The smallest absolute Gasteiger partial charge is 0.259 e. The van der Waals surface area contributed by atoms with Crippen LogP contribution in [0.25, 0.3) is 22.3 Å². The molecule has 0 bridgehead atoms. The molecular formula is C21H26N4O2. The third-order valence-corrected chi connectivity index (χ3v) is 5.51. The number of nitrogens with zero attached hydrogens (tertiary/aromatic N) is 3. The Morgan fingerprint density at radius 3 is 2.93 bits per heavy atom. The van der Waals surface area contributed by atoms with Gasteiger partial charge >= 0.3 is 0 Å². The molecule has 0 amide bonds. The van der Waals surface area contributed by atoms with Crippen LogP contribution in [-0.2, 0) is 6.54 Å². The summed E-state index contributed by atoms with van der Waals surface area (Å²) in [6, 6.07) is 8.13. The van der Waals surface area contributed by atoms with Gasteiger partial charge < -0.3 is 19.2 Å². The summed E-state index contributed by atoms with van der Waals surface area (Å²) in [7, 11) is 1.64. The molecule has 1 atom stereocenters. The number of hydrogen-bond donors (Lipinski definition) is 1. The lowest BCUT2D eigenvalue weighted by atomic mass is 10.1. The zero-order chi connectivity index (χ0) is 19.0. The Labute approximate surface area is 158 Å². The van der Waals surface area contributed by atoms with E-state index in [1.165, 1.54) is 6.42 Å². The summed E-state index contributed by atoms with van der Waals surface area (Å²) in [5.74, 6) is 2.08. The third-order valence-electron chi connectivity index (χ3n) is 5.51. The highest BCUT2D eigenvalue weighted by molar-refractivity contribution is 5.83. The van der Waals surface area contributed by atoms with Crippen molar-refractivity contribution in [1.82, 2.24) is 19.4 Å². The quantitative estimate of drug-likeness (QED) is 0.754. The Hall–Kier alpha value is -2.60. The zero-order valence-corrected chi connectivity index (χ0v) is 16.1. The number of fused-ring (bicyclic) bond motifs is 1. The van der Waals surface area contributed by atoms with Gasteiger partial charge in [0.25, 0.3) is 5.56 Å². The van der Waals surface area contributed by atoms with Crippen LogP contribution in [0.1, 0.15) is 20.3 Å². The maximum atomic E-state index is 12.7. The first-order valence-electron chi connectivity index (χ1n) is 9.52. The van der Waals surface area contributed by atoms with Crippen molar-refractivity contribution in [2.45, 2.75) is 32.9 Å². The lowest BCUT2D eigenvalue weighted by molar-refractivity contribution is 0.261. The largest absolute Gasteiger partial charge is 0.497 e. The fraction of sp³-hybridized carbons (Fsp3) is 0.429. The number of imidazole rings is 1. The molecule has 4 rings (SSSR count). The average molecular weight is 366 g/mol. The van der Waals surface area contributed by atoms with Gasteiger partial charge in [-0.1, -0.05) is 0 Å². The Balaban J connectivity index is 1.66. The molecule has 1 fully saturated rings. The molecule has 1 aliphatic heterocycles. The van der Waals surface area contributed by atoms with Gasteiger partial charge in [-0.15, -0.1) is 0 Å². The van der Waals surface area contributed by atoms with Gasteiger partial charge in [-0.2, -0.15) is 0 Å². The van der Waals surface area contributed by atoms with E-state index in [0.29, 0.717) is 17.5 Å². The van der Waals surface area contributed by atoms with E-state index in [4.69, 9.17) is 4.74 Å². The number of nitrogens with one attached hydrogen (secondary N) is 1. The van der Waals surface area contributed by atoms with Crippen molar-refractivity contribution in [3.8, 4) is 17.1 Å². The number of methoxy groups -OCH3 is 1. The van der Waals surface area contributed by atoms with E-state index in [1.807, 2.05) is 30.5 Å². The predicted octanol–water partition coefficient (Wildman–Crippen LogP) is 3.13. The summed E-state index contributed by atoms with van der Waals surface area (Å²) in [6.07, 6.45) is 4.93. The summed E-state index contributed by atoms with van der Waals surface area (Å²) in [5, 5.41) is 0.936. The van der Waals surface area contributed by atoms with Gasteiger partial charge in [0.15, 0.2) is 0 Å². The highest BCUT2D eigenvalue weighted by Gasteiger charge is 2.25. The SMILES string of the molecule is COc1ccc2[nH]c(=O)c(-c3nccn3CC3CCN(C(C)C)C3)cc2c1. The van der Waals surface area contributed by atoms with E-state index in [0.717, 1.165) is 42.1 Å². The van der Waals surface area contributed by atoms with E-state index in [1.54, 1.807) is 13.3 Å². The minimum atomic E-state index is -0.115. The number of hydrogen-bond acceptors (Lipinski definition) is 4. The van der Waals surface area contributed by atoms with Crippen LogP contribution < -0.4 is 10.3 Å². The molecule has 27 heavy (non-hydrogen) atoms. The topological polar surface area (TPSA) is 63.2 Å². The maximum Gasteiger partial charge on any atom is 0.259 e. The van der Waals surface area contributed by atoms with Crippen molar-refractivity contribution in [1.29, 1.82) is 0 Å². The number of H-pyrrole nitrogens is 1. The molecule has 3 aromatic rings. The second-order valence-electron chi connectivity index (χ2n) is 7.61. The molecule has 1 aliphatic rings. The van der Waals surface area contributed by atoms with Gasteiger partial charge in [-0.3, -0.25) is 4.79 Å². The Bertz CT molecular complexity index is 1000. The normalized spacial score (nSPS) is 17.9. The first-order valence-corrected chi connectivity index (χ1v) is 9.52. The van der Waals surface area contributed by atoms with Crippen molar-refractivity contribution in [3.05, 3.63) is 47.0 Å². The molecule has 0 saturated carbocycles. The predicted molar refractivity (Wildman–Crippen MR) is 107 cm³/mol. The average Bonchev–Trinajstić information content (AvgIpc) is 3.31. The molecule has 6 nitrogen and oxygen atoms in total.